The number of hydrogen-bond acceptors (Lipinski definition) is 3. The van der Waals surface area contributed by atoms with E-state index >= 15 is 0 Å². The molecule has 0 atom stereocenters. The summed E-state index contributed by atoms with van der Waals surface area (Å²) in [6.07, 6.45) is 3.08. The molecule has 1 heterocycles. The molecule has 0 aromatic heterocycles. The molecule has 0 saturated carbocycles. The molecule has 0 amide bonds. The van der Waals surface area contributed by atoms with Crippen LogP contribution in [0.1, 0.15) is 36.5 Å². The number of rotatable bonds is 6. The maximum absolute atomic E-state index is 12.4. The summed E-state index contributed by atoms with van der Waals surface area (Å²) in [5.74, 6) is 0.495. The second-order valence-electron chi connectivity index (χ2n) is 7.22. The molecule has 0 fully saturated rings. The fraction of sp³-hybridized carbons (Fsp3) is 0.409. The lowest BCUT2D eigenvalue weighted by Crippen LogP contribution is -2.34. The number of aromatic hydroxyl groups is 2. The van der Waals surface area contributed by atoms with Crippen molar-refractivity contribution in [3.05, 3.63) is 41.0 Å². The molecule has 5 heteroatoms. The Morgan fingerprint density at radius 1 is 1.15 bits per heavy atom. The normalized spacial score (nSPS) is 14.7. The first-order chi connectivity index (χ1) is 13.1. The van der Waals surface area contributed by atoms with Crippen LogP contribution >= 0.6 is 0 Å². The van der Waals surface area contributed by atoms with Crippen LogP contribution in [0.25, 0.3) is 11.1 Å². The van der Waals surface area contributed by atoms with Gasteiger partial charge >= 0.3 is 0 Å². The molecular formula is C22H25FNO3+. The minimum absolute atomic E-state index is 0.0812. The van der Waals surface area contributed by atoms with E-state index in [0.717, 1.165) is 49.0 Å². The molecule has 2 aromatic carbocycles. The lowest BCUT2D eigenvalue weighted by Gasteiger charge is -2.28. The summed E-state index contributed by atoms with van der Waals surface area (Å²) in [6.45, 7) is 4.07. The van der Waals surface area contributed by atoms with Gasteiger partial charge in [-0.25, -0.2) is 4.58 Å². The molecule has 142 valence electrons. The van der Waals surface area contributed by atoms with E-state index in [0.29, 0.717) is 24.3 Å². The minimum atomic E-state index is -0.404. The molecule has 2 aromatic rings. The van der Waals surface area contributed by atoms with E-state index in [-0.39, 0.29) is 11.5 Å². The van der Waals surface area contributed by atoms with Crippen LogP contribution in [0.4, 0.5) is 4.39 Å². The van der Waals surface area contributed by atoms with Gasteiger partial charge in [0.15, 0.2) is 17.2 Å². The number of ether oxygens (including phenoxy) is 1. The van der Waals surface area contributed by atoms with Crippen LogP contribution in [0, 0.1) is 0 Å². The number of phenols is 2. The molecule has 0 unspecified atom stereocenters. The zero-order valence-electron chi connectivity index (χ0n) is 15.6. The highest BCUT2D eigenvalue weighted by Crippen LogP contribution is 2.46. The van der Waals surface area contributed by atoms with Crippen LogP contribution in [0.2, 0.25) is 0 Å². The van der Waals surface area contributed by atoms with Crippen LogP contribution in [0.15, 0.2) is 24.3 Å². The Kier molecular flexibility index (Phi) is 4.77. The van der Waals surface area contributed by atoms with Crippen LogP contribution in [-0.2, 0) is 12.8 Å². The third-order valence-corrected chi connectivity index (χ3v) is 5.43. The fourth-order valence-electron chi connectivity index (χ4n) is 4.25. The first-order valence-corrected chi connectivity index (χ1v) is 9.65. The maximum Gasteiger partial charge on any atom is 0.188 e. The highest BCUT2D eigenvalue weighted by Gasteiger charge is 2.35. The van der Waals surface area contributed by atoms with Gasteiger partial charge in [0.1, 0.15) is 18.8 Å². The number of hydrogen-bond donors (Lipinski definition) is 2. The highest BCUT2D eigenvalue weighted by molar-refractivity contribution is 6.10. The summed E-state index contributed by atoms with van der Waals surface area (Å²) in [6, 6.07) is 7.40. The van der Waals surface area contributed by atoms with Crippen LogP contribution in [-0.4, -0.2) is 46.9 Å². The van der Waals surface area contributed by atoms with Crippen molar-refractivity contribution < 1.29 is 23.9 Å². The molecule has 4 nitrogen and oxygen atoms in total. The Balaban J connectivity index is 1.91. The van der Waals surface area contributed by atoms with Gasteiger partial charge in [-0.1, -0.05) is 13.0 Å². The van der Waals surface area contributed by atoms with E-state index in [4.69, 9.17) is 4.74 Å². The third-order valence-electron chi connectivity index (χ3n) is 5.43. The lowest BCUT2D eigenvalue weighted by atomic mass is 9.79. The van der Waals surface area contributed by atoms with Crippen LogP contribution < -0.4 is 4.74 Å². The Labute approximate surface area is 158 Å². The van der Waals surface area contributed by atoms with Crippen molar-refractivity contribution in [1.29, 1.82) is 0 Å². The molecule has 0 radical (unpaired) electrons. The van der Waals surface area contributed by atoms with E-state index in [2.05, 4.69) is 11.5 Å². The molecule has 4 rings (SSSR count). The molecule has 0 spiro atoms. The highest BCUT2D eigenvalue weighted by atomic mass is 19.1. The van der Waals surface area contributed by atoms with Gasteiger partial charge in [-0.3, -0.25) is 4.39 Å². The number of nitrogens with zero attached hydrogens (tertiary/aromatic N) is 1. The van der Waals surface area contributed by atoms with E-state index in [1.807, 2.05) is 18.2 Å². The quantitative estimate of drug-likeness (QED) is 0.462. The second kappa shape index (κ2) is 7.22. The first-order valence-electron chi connectivity index (χ1n) is 9.65. The molecule has 2 aliphatic rings. The van der Waals surface area contributed by atoms with Crippen molar-refractivity contribution in [2.24, 2.45) is 0 Å². The average molecular weight is 370 g/mol. The predicted octanol–water partition coefficient (Wildman–Crippen LogP) is 3.83. The van der Waals surface area contributed by atoms with Crippen molar-refractivity contribution in [1.82, 2.24) is 0 Å². The largest absolute Gasteiger partial charge is 0.504 e. The smallest absolute Gasteiger partial charge is 0.188 e. The van der Waals surface area contributed by atoms with E-state index in [1.165, 1.54) is 11.3 Å². The van der Waals surface area contributed by atoms with Crippen molar-refractivity contribution in [2.75, 3.05) is 26.4 Å². The Morgan fingerprint density at radius 3 is 2.78 bits per heavy atom. The lowest BCUT2D eigenvalue weighted by molar-refractivity contribution is -0.529. The van der Waals surface area contributed by atoms with Gasteiger partial charge in [0.05, 0.1) is 25.3 Å². The monoisotopic (exact) mass is 370 g/mol. The fourth-order valence-corrected chi connectivity index (χ4v) is 4.25. The second-order valence-corrected chi connectivity index (χ2v) is 7.22. The molecule has 0 saturated heterocycles. The van der Waals surface area contributed by atoms with Crippen molar-refractivity contribution in [3.63, 3.8) is 0 Å². The summed E-state index contributed by atoms with van der Waals surface area (Å²) >= 11 is 0. The van der Waals surface area contributed by atoms with Gasteiger partial charge in [0, 0.05) is 30.4 Å². The average Bonchev–Trinajstić information content (AvgIpc) is 2.67. The van der Waals surface area contributed by atoms with Gasteiger partial charge in [-0.2, -0.15) is 0 Å². The summed E-state index contributed by atoms with van der Waals surface area (Å²) in [4.78, 5) is 0. The topological polar surface area (TPSA) is 52.7 Å². The number of phenolic OH excluding ortho intramolecular Hbond substituents is 2. The summed E-state index contributed by atoms with van der Waals surface area (Å²) in [5.41, 5.74) is 6.21. The van der Waals surface area contributed by atoms with Gasteiger partial charge in [-0.05, 0) is 29.3 Å². The van der Waals surface area contributed by atoms with Gasteiger partial charge in [0.25, 0.3) is 0 Å². The number of fused-ring (bicyclic) bond motifs is 2. The molecule has 0 bridgehead atoms. The number of halogens is 1. The zero-order valence-corrected chi connectivity index (χ0v) is 15.6. The minimum Gasteiger partial charge on any atom is -0.504 e. The summed E-state index contributed by atoms with van der Waals surface area (Å²) < 4.78 is 20.6. The van der Waals surface area contributed by atoms with Gasteiger partial charge in [-0.15, -0.1) is 0 Å². The third kappa shape index (κ3) is 3.05. The van der Waals surface area contributed by atoms with Crippen LogP contribution in [0.3, 0.4) is 0 Å². The molecule has 1 aliphatic heterocycles. The van der Waals surface area contributed by atoms with E-state index < -0.39 is 6.67 Å². The predicted molar refractivity (Wildman–Crippen MR) is 103 cm³/mol. The van der Waals surface area contributed by atoms with Gasteiger partial charge < -0.3 is 14.9 Å². The Bertz CT molecular complexity index is 920. The van der Waals surface area contributed by atoms with Crippen molar-refractivity contribution in [2.45, 2.75) is 32.6 Å². The molecule has 27 heavy (non-hydrogen) atoms. The molecule has 2 N–H and O–H groups in total. The van der Waals surface area contributed by atoms with E-state index in [9.17, 15) is 14.6 Å². The zero-order chi connectivity index (χ0) is 19.0. The summed E-state index contributed by atoms with van der Waals surface area (Å²) in [5, 5.41) is 20.6. The maximum atomic E-state index is 12.4. The SMILES string of the molecule is CCC[N+]1=C2Cc3ccc(O)c(O)c3-c3cc(OCCCF)cc(c32)CC1. The van der Waals surface area contributed by atoms with Crippen molar-refractivity contribution >= 4 is 5.71 Å². The molecular weight excluding hydrogens is 345 g/mol. The number of benzene rings is 2. The standard InChI is InChI=1S/C22H24FNO3/c1-2-8-24-9-6-15-11-16(27-10-3-7-23)13-17-20(15)18(24)12-14-4-5-19(25)22(26)21(14)17/h4-5,11,13,25H,2-3,6-10,12H2,1H3/p+1. The van der Waals surface area contributed by atoms with Gasteiger partial charge in [0.2, 0.25) is 0 Å². The Hall–Kier alpha value is -2.56. The molecule has 1 aliphatic carbocycles. The van der Waals surface area contributed by atoms with E-state index in [1.54, 1.807) is 6.07 Å². The summed E-state index contributed by atoms with van der Waals surface area (Å²) in [7, 11) is 0. The Morgan fingerprint density at radius 2 is 2.00 bits per heavy atom. The van der Waals surface area contributed by atoms with Crippen LogP contribution in [0.5, 0.6) is 17.2 Å². The first kappa shape index (κ1) is 17.8. The van der Waals surface area contributed by atoms with Crippen molar-refractivity contribution in [3.8, 4) is 28.4 Å². The number of alkyl halides is 1.